The van der Waals surface area contributed by atoms with Crippen LogP contribution in [0, 0.1) is 6.92 Å². The van der Waals surface area contributed by atoms with E-state index >= 15 is 0 Å². The number of fused-ring (bicyclic) bond motifs is 1. The van der Waals surface area contributed by atoms with Crippen LogP contribution in [-0.2, 0) is 6.54 Å². The Morgan fingerprint density at radius 2 is 2.04 bits per heavy atom. The topological polar surface area (TPSA) is 54.6 Å². The average molecular weight is 328 g/mol. The number of aryl methyl sites for hydroxylation is 2. The maximum atomic E-state index is 12.9. The molecule has 0 aliphatic heterocycles. The van der Waals surface area contributed by atoms with E-state index in [-0.39, 0.29) is 17.4 Å². The second-order valence-corrected chi connectivity index (χ2v) is 6.46. The molecule has 0 aliphatic rings. The highest BCUT2D eigenvalue weighted by molar-refractivity contribution is 5.96. The summed E-state index contributed by atoms with van der Waals surface area (Å²) in [6, 6.07) is 5.89. The maximum Gasteiger partial charge on any atom is 0.263 e. The molecule has 130 valence electrons. The third-order valence-corrected chi connectivity index (χ3v) is 4.39. The summed E-state index contributed by atoms with van der Waals surface area (Å²) in [5, 5.41) is 11.4. The highest BCUT2D eigenvalue weighted by Gasteiger charge is 2.16. The van der Waals surface area contributed by atoms with Crippen LogP contribution in [0.2, 0.25) is 0 Å². The molecular weight excluding hydrogens is 300 g/mol. The van der Waals surface area contributed by atoms with E-state index in [0.717, 1.165) is 42.1 Å². The summed E-state index contributed by atoms with van der Waals surface area (Å²) in [4.78, 5) is 17.4. The van der Waals surface area contributed by atoms with E-state index < -0.39 is 0 Å². The Morgan fingerprint density at radius 3 is 2.71 bits per heavy atom. The second-order valence-electron chi connectivity index (χ2n) is 6.46. The molecule has 0 amide bonds. The minimum atomic E-state index is -0.157. The molecule has 0 spiro atoms. The van der Waals surface area contributed by atoms with Crippen molar-refractivity contribution >= 4 is 17.1 Å². The quantitative estimate of drug-likeness (QED) is 0.765. The number of aromatic hydroxyl groups is 1. The number of unbranched alkanes of at least 4 members (excludes halogenated alkanes) is 1. The SMILES string of the molecule is CCCCn1c(=O)c(C=NC(C)CCC)c(O)c2cccc(C)c21. The largest absolute Gasteiger partial charge is 0.506 e. The van der Waals surface area contributed by atoms with E-state index in [4.69, 9.17) is 0 Å². The zero-order valence-corrected chi connectivity index (χ0v) is 15.2. The third-order valence-electron chi connectivity index (χ3n) is 4.39. The highest BCUT2D eigenvalue weighted by Crippen LogP contribution is 2.28. The maximum absolute atomic E-state index is 12.9. The minimum Gasteiger partial charge on any atom is -0.506 e. The molecule has 0 bridgehead atoms. The van der Waals surface area contributed by atoms with Crippen molar-refractivity contribution in [3.63, 3.8) is 0 Å². The average Bonchev–Trinajstić information content (AvgIpc) is 2.55. The molecular formula is C20H28N2O2. The molecule has 1 atom stereocenters. The fourth-order valence-corrected chi connectivity index (χ4v) is 3.04. The van der Waals surface area contributed by atoms with Crippen LogP contribution >= 0.6 is 0 Å². The van der Waals surface area contributed by atoms with Crippen molar-refractivity contribution in [1.82, 2.24) is 4.57 Å². The molecule has 4 heteroatoms. The number of para-hydroxylation sites is 1. The van der Waals surface area contributed by atoms with E-state index in [1.54, 1.807) is 10.8 Å². The van der Waals surface area contributed by atoms with Gasteiger partial charge in [-0.25, -0.2) is 0 Å². The number of pyridine rings is 1. The van der Waals surface area contributed by atoms with Gasteiger partial charge in [0.2, 0.25) is 0 Å². The number of hydrogen-bond acceptors (Lipinski definition) is 3. The van der Waals surface area contributed by atoms with Crippen molar-refractivity contribution in [2.24, 2.45) is 4.99 Å². The zero-order valence-electron chi connectivity index (χ0n) is 15.2. The molecule has 2 rings (SSSR count). The molecule has 2 aromatic rings. The third kappa shape index (κ3) is 3.69. The van der Waals surface area contributed by atoms with E-state index in [9.17, 15) is 9.90 Å². The first-order valence-electron chi connectivity index (χ1n) is 8.89. The summed E-state index contributed by atoms with van der Waals surface area (Å²) in [6.45, 7) is 8.87. The van der Waals surface area contributed by atoms with Crippen molar-refractivity contribution in [1.29, 1.82) is 0 Å². The number of hydrogen-bond donors (Lipinski definition) is 1. The van der Waals surface area contributed by atoms with Crippen LogP contribution in [0.3, 0.4) is 0 Å². The first kappa shape index (κ1) is 18.2. The van der Waals surface area contributed by atoms with Crippen LogP contribution in [0.5, 0.6) is 5.75 Å². The normalized spacial score (nSPS) is 13.0. The lowest BCUT2D eigenvalue weighted by molar-refractivity contribution is 0.477. The summed E-state index contributed by atoms with van der Waals surface area (Å²) < 4.78 is 1.79. The lowest BCUT2D eigenvalue weighted by Crippen LogP contribution is -2.25. The van der Waals surface area contributed by atoms with Crippen LogP contribution in [0.4, 0.5) is 0 Å². The van der Waals surface area contributed by atoms with Gasteiger partial charge in [0, 0.05) is 24.2 Å². The van der Waals surface area contributed by atoms with E-state index in [2.05, 4.69) is 18.8 Å². The van der Waals surface area contributed by atoms with Gasteiger partial charge in [-0.3, -0.25) is 9.79 Å². The first-order valence-corrected chi connectivity index (χ1v) is 8.89. The molecule has 0 saturated carbocycles. The van der Waals surface area contributed by atoms with Crippen molar-refractivity contribution in [3.05, 3.63) is 39.7 Å². The monoisotopic (exact) mass is 328 g/mol. The smallest absolute Gasteiger partial charge is 0.263 e. The van der Waals surface area contributed by atoms with Crippen molar-refractivity contribution in [2.75, 3.05) is 0 Å². The predicted octanol–water partition coefficient (Wildman–Crippen LogP) is 4.42. The number of aromatic nitrogens is 1. The number of rotatable bonds is 7. The van der Waals surface area contributed by atoms with E-state index in [1.165, 1.54) is 0 Å². The van der Waals surface area contributed by atoms with Gasteiger partial charge in [-0.15, -0.1) is 0 Å². The molecule has 1 aromatic heterocycles. The molecule has 1 unspecified atom stereocenters. The molecule has 0 aliphatic carbocycles. The Bertz CT molecular complexity index is 790. The number of nitrogens with zero attached hydrogens (tertiary/aromatic N) is 2. The van der Waals surface area contributed by atoms with Crippen molar-refractivity contribution in [2.45, 2.75) is 66.0 Å². The zero-order chi connectivity index (χ0) is 17.7. The lowest BCUT2D eigenvalue weighted by atomic mass is 10.1. The van der Waals surface area contributed by atoms with Gasteiger partial charge < -0.3 is 9.67 Å². The Labute approximate surface area is 143 Å². The van der Waals surface area contributed by atoms with E-state index in [1.807, 2.05) is 32.0 Å². The van der Waals surface area contributed by atoms with Crippen LogP contribution in [0.15, 0.2) is 28.0 Å². The van der Waals surface area contributed by atoms with Crippen LogP contribution in [0.25, 0.3) is 10.9 Å². The molecule has 0 saturated heterocycles. The summed E-state index contributed by atoms with van der Waals surface area (Å²) in [5.74, 6) is 0.0406. The van der Waals surface area contributed by atoms with Gasteiger partial charge in [0.05, 0.1) is 5.52 Å². The lowest BCUT2D eigenvalue weighted by Gasteiger charge is -2.15. The summed E-state index contributed by atoms with van der Waals surface area (Å²) >= 11 is 0. The molecule has 0 radical (unpaired) electrons. The van der Waals surface area contributed by atoms with Crippen molar-refractivity contribution in [3.8, 4) is 5.75 Å². The summed E-state index contributed by atoms with van der Waals surface area (Å²) in [6.07, 6.45) is 5.51. The van der Waals surface area contributed by atoms with Gasteiger partial charge in [-0.1, -0.05) is 38.8 Å². The predicted molar refractivity (Wildman–Crippen MR) is 101 cm³/mol. The minimum absolute atomic E-state index is 0.0406. The van der Waals surface area contributed by atoms with Crippen molar-refractivity contribution < 1.29 is 5.11 Å². The summed E-state index contributed by atoms with van der Waals surface area (Å²) in [5.41, 5.74) is 1.97. The van der Waals surface area contributed by atoms with Crippen LogP contribution < -0.4 is 5.56 Å². The van der Waals surface area contributed by atoms with Crippen LogP contribution in [0.1, 0.15) is 57.6 Å². The van der Waals surface area contributed by atoms with E-state index in [0.29, 0.717) is 12.1 Å². The summed E-state index contributed by atoms with van der Waals surface area (Å²) in [7, 11) is 0. The molecule has 1 heterocycles. The molecule has 1 aromatic carbocycles. The molecule has 1 N–H and O–H groups in total. The standard InChI is InChI=1S/C20H28N2O2/c1-5-7-12-22-18-14(3)10-8-11-16(18)19(23)17(20(22)24)13-21-15(4)9-6-2/h8,10-11,13,15,23H,5-7,9,12H2,1-4H3. The number of aliphatic imine (C=N–C) groups is 1. The Hall–Kier alpha value is -2.10. The highest BCUT2D eigenvalue weighted by atomic mass is 16.3. The number of benzene rings is 1. The van der Waals surface area contributed by atoms with Gasteiger partial charge in [0.15, 0.2) is 0 Å². The Kier molecular flexibility index (Phi) is 6.18. The van der Waals surface area contributed by atoms with Gasteiger partial charge in [-0.05, 0) is 38.3 Å². The van der Waals surface area contributed by atoms with Gasteiger partial charge >= 0.3 is 0 Å². The fourth-order valence-electron chi connectivity index (χ4n) is 3.04. The van der Waals surface area contributed by atoms with Gasteiger partial charge in [-0.2, -0.15) is 0 Å². The second kappa shape index (κ2) is 8.13. The fraction of sp³-hybridized carbons (Fsp3) is 0.500. The van der Waals surface area contributed by atoms with Gasteiger partial charge in [0.1, 0.15) is 11.3 Å². The Morgan fingerprint density at radius 1 is 1.29 bits per heavy atom. The molecule has 24 heavy (non-hydrogen) atoms. The van der Waals surface area contributed by atoms with Crippen LogP contribution in [-0.4, -0.2) is 21.9 Å². The van der Waals surface area contributed by atoms with Gasteiger partial charge in [0.25, 0.3) is 5.56 Å². The first-order chi connectivity index (χ1) is 11.5. The Balaban J connectivity index is 2.66. The molecule has 4 nitrogen and oxygen atoms in total. The molecule has 0 fully saturated rings.